The molecular weight excluding hydrogens is 546 g/mol. The highest BCUT2D eigenvalue weighted by Crippen LogP contribution is 2.64. The molecule has 236 valence electrons. The Morgan fingerprint density at radius 3 is 2.42 bits per heavy atom. The average molecular weight is 596 g/mol. The Balaban J connectivity index is 1.79. The van der Waals surface area contributed by atoms with E-state index >= 15 is 0 Å². The Labute approximate surface area is 256 Å². The lowest BCUT2D eigenvalue weighted by atomic mass is 9.64. The standard InChI is InChI=1S/C34H49N3O6/c1-7-13-24(6)35(20-8-2)32(41)29-34-19-18-33(10-4,43-34)27(28(34)31(40)37(29)22-12-23-38)30(39)36(21-9-3)25-14-16-26(17-15-25)42-11-5/h8-9,14-17,24,27-29,38H,2-3,7,10-13,18-23H2,1,4-6H3/t24?,27-,28+,29?,33+,34?/m1/s1. The van der Waals surface area contributed by atoms with Crippen LogP contribution in [0.2, 0.25) is 0 Å². The van der Waals surface area contributed by atoms with Crippen molar-refractivity contribution >= 4 is 23.4 Å². The van der Waals surface area contributed by atoms with Gasteiger partial charge in [-0.15, -0.1) is 13.2 Å². The van der Waals surface area contributed by atoms with Gasteiger partial charge in [-0.05, 0) is 70.2 Å². The van der Waals surface area contributed by atoms with Crippen LogP contribution < -0.4 is 9.64 Å². The minimum absolute atomic E-state index is 0.0559. The van der Waals surface area contributed by atoms with E-state index in [1.54, 1.807) is 26.9 Å². The number of aliphatic hydroxyl groups excluding tert-OH is 1. The summed E-state index contributed by atoms with van der Waals surface area (Å²) < 4.78 is 12.6. The lowest BCUT2D eigenvalue weighted by Gasteiger charge is -2.39. The molecule has 3 amide bonds. The van der Waals surface area contributed by atoms with Gasteiger partial charge in [-0.3, -0.25) is 14.4 Å². The third-order valence-corrected chi connectivity index (χ3v) is 9.62. The van der Waals surface area contributed by atoms with Gasteiger partial charge >= 0.3 is 0 Å². The van der Waals surface area contributed by atoms with Crippen molar-refractivity contribution in [1.82, 2.24) is 9.80 Å². The Bertz CT molecular complexity index is 1190. The Morgan fingerprint density at radius 2 is 1.84 bits per heavy atom. The van der Waals surface area contributed by atoms with Crippen LogP contribution in [0.4, 0.5) is 5.69 Å². The second-order valence-electron chi connectivity index (χ2n) is 12.0. The van der Waals surface area contributed by atoms with Gasteiger partial charge in [0, 0.05) is 38.0 Å². The highest BCUT2D eigenvalue weighted by Gasteiger charge is 2.79. The first kappa shape index (κ1) is 32.7. The predicted octanol–water partition coefficient (Wildman–Crippen LogP) is 4.34. The molecule has 1 spiro atoms. The van der Waals surface area contributed by atoms with E-state index in [9.17, 15) is 19.5 Å². The Morgan fingerprint density at radius 1 is 1.14 bits per heavy atom. The summed E-state index contributed by atoms with van der Waals surface area (Å²) in [6, 6.07) is 6.41. The maximum Gasteiger partial charge on any atom is 0.248 e. The van der Waals surface area contributed by atoms with Gasteiger partial charge in [0.05, 0.1) is 24.0 Å². The number of ether oxygens (including phenoxy) is 2. The Kier molecular flexibility index (Phi) is 10.4. The normalized spacial score (nSPS) is 28.0. The molecule has 43 heavy (non-hydrogen) atoms. The van der Waals surface area contributed by atoms with Crippen LogP contribution in [-0.4, -0.2) is 88.8 Å². The zero-order valence-corrected chi connectivity index (χ0v) is 26.3. The molecule has 4 rings (SSSR count). The molecule has 1 aromatic rings. The van der Waals surface area contributed by atoms with Gasteiger partial charge in [-0.2, -0.15) is 0 Å². The second kappa shape index (κ2) is 13.6. The van der Waals surface area contributed by atoms with Gasteiger partial charge in [0.15, 0.2) is 0 Å². The van der Waals surface area contributed by atoms with E-state index in [0.717, 1.165) is 12.8 Å². The number of carbonyl (C=O) groups excluding carboxylic acids is 3. The molecule has 9 nitrogen and oxygen atoms in total. The average Bonchev–Trinajstić information content (AvgIpc) is 3.61. The van der Waals surface area contributed by atoms with Crippen molar-refractivity contribution in [3.05, 3.63) is 49.6 Å². The van der Waals surface area contributed by atoms with Crippen LogP contribution in [0, 0.1) is 11.8 Å². The molecule has 0 aromatic heterocycles. The molecule has 3 unspecified atom stereocenters. The van der Waals surface area contributed by atoms with Gasteiger partial charge in [-0.1, -0.05) is 32.4 Å². The van der Waals surface area contributed by atoms with Crippen LogP contribution in [0.15, 0.2) is 49.6 Å². The summed E-state index contributed by atoms with van der Waals surface area (Å²) in [6.07, 6.45) is 7.08. The fourth-order valence-electron chi connectivity index (χ4n) is 7.72. The first-order valence-corrected chi connectivity index (χ1v) is 15.9. The molecule has 0 saturated carbocycles. The summed E-state index contributed by atoms with van der Waals surface area (Å²) in [5.41, 5.74) is -1.30. The van der Waals surface area contributed by atoms with E-state index < -0.39 is 29.1 Å². The fourth-order valence-corrected chi connectivity index (χ4v) is 7.72. The Hall–Kier alpha value is -3.17. The molecule has 6 atom stereocenters. The van der Waals surface area contributed by atoms with Gasteiger partial charge in [0.2, 0.25) is 17.7 Å². The van der Waals surface area contributed by atoms with Crippen LogP contribution in [-0.2, 0) is 19.1 Å². The van der Waals surface area contributed by atoms with Gasteiger partial charge in [0.25, 0.3) is 0 Å². The quantitative estimate of drug-likeness (QED) is 0.286. The van der Waals surface area contributed by atoms with Gasteiger partial charge in [-0.25, -0.2) is 0 Å². The molecular formula is C34H49N3O6. The first-order valence-electron chi connectivity index (χ1n) is 15.9. The summed E-state index contributed by atoms with van der Waals surface area (Å²) >= 11 is 0. The molecule has 0 radical (unpaired) electrons. The minimum atomic E-state index is -1.12. The highest BCUT2D eigenvalue weighted by molar-refractivity contribution is 6.03. The van der Waals surface area contributed by atoms with Crippen molar-refractivity contribution in [3.63, 3.8) is 0 Å². The number of aliphatic hydroxyl groups is 1. The number of amides is 3. The molecule has 3 saturated heterocycles. The second-order valence-corrected chi connectivity index (χ2v) is 12.0. The number of rotatable bonds is 16. The molecule has 9 heteroatoms. The largest absolute Gasteiger partial charge is 0.494 e. The van der Waals surface area contributed by atoms with E-state index in [4.69, 9.17) is 9.47 Å². The summed E-state index contributed by atoms with van der Waals surface area (Å²) in [4.78, 5) is 48.7. The van der Waals surface area contributed by atoms with E-state index in [-0.39, 0.29) is 43.5 Å². The van der Waals surface area contributed by atoms with Gasteiger partial charge in [0.1, 0.15) is 17.4 Å². The van der Waals surface area contributed by atoms with Crippen LogP contribution in [0.25, 0.3) is 0 Å². The van der Waals surface area contributed by atoms with E-state index in [0.29, 0.717) is 50.3 Å². The predicted molar refractivity (Wildman–Crippen MR) is 167 cm³/mol. The van der Waals surface area contributed by atoms with Crippen LogP contribution in [0.5, 0.6) is 5.75 Å². The number of carbonyl (C=O) groups is 3. The van der Waals surface area contributed by atoms with Crippen LogP contribution >= 0.6 is 0 Å². The fraction of sp³-hybridized carbons (Fsp3) is 0.618. The minimum Gasteiger partial charge on any atom is -0.494 e. The number of anilines is 1. The molecule has 0 aliphatic carbocycles. The zero-order chi connectivity index (χ0) is 31.4. The topological polar surface area (TPSA) is 99.6 Å². The molecule has 3 fully saturated rings. The number of hydrogen-bond donors (Lipinski definition) is 1. The maximum absolute atomic E-state index is 14.7. The number of hydrogen-bond acceptors (Lipinski definition) is 6. The maximum atomic E-state index is 14.7. The summed E-state index contributed by atoms with van der Waals surface area (Å²) in [5, 5.41) is 9.70. The lowest BCUT2D eigenvalue weighted by molar-refractivity contribution is -0.154. The molecule has 1 N–H and O–H groups in total. The van der Waals surface area contributed by atoms with E-state index in [1.165, 1.54) is 0 Å². The van der Waals surface area contributed by atoms with Crippen LogP contribution in [0.1, 0.15) is 66.2 Å². The SMILES string of the molecule is C=CCN(C(=O)[C@H]1[C@H]2C(=O)N(CCCO)C(C(=O)N(CC=C)C(C)CCC)C23CC[C@]1(CC)O3)c1ccc(OCC)cc1. The first-order chi connectivity index (χ1) is 20.7. The number of nitrogens with zero attached hydrogens (tertiary/aromatic N) is 3. The lowest BCUT2D eigenvalue weighted by Crippen LogP contribution is -2.58. The van der Waals surface area contributed by atoms with Gasteiger partial charge < -0.3 is 29.3 Å². The smallest absolute Gasteiger partial charge is 0.248 e. The van der Waals surface area contributed by atoms with Crippen molar-refractivity contribution in [2.24, 2.45) is 11.8 Å². The number of benzene rings is 1. The van der Waals surface area contributed by atoms with Crippen molar-refractivity contribution in [2.45, 2.75) is 89.5 Å². The summed E-state index contributed by atoms with van der Waals surface area (Å²) in [6.45, 7) is 17.0. The molecule has 3 aliphatic heterocycles. The molecule has 3 aliphatic rings. The molecule has 1 aromatic carbocycles. The molecule has 3 heterocycles. The van der Waals surface area contributed by atoms with Crippen LogP contribution in [0.3, 0.4) is 0 Å². The third-order valence-electron chi connectivity index (χ3n) is 9.62. The van der Waals surface area contributed by atoms with Crippen molar-refractivity contribution in [3.8, 4) is 5.75 Å². The van der Waals surface area contributed by atoms with Crippen molar-refractivity contribution < 1.29 is 29.0 Å². The zero-order valence-electron chi connectivity index (χ0n) is 26.3. The highest BCUT2D eigenvalue weighted by atomic mass is 16.5. The summed E-state index contributed by atoms with van der Waals surface area (Å²) in [7, 11) is 0. The summed E-state index contributed by atoms with van der Waals surface area (Å²) in [5.74, 6) is -1.48. The van der Waals surface area contributed by atoms with E-state index in [2.05, 4.69) is 20.1 Å². The monoisotopic (exact) mass is 595 g/mol. The number of likely N-dealkylation sites (tertiary alicyclic amines) is 1. The molecule has 2 bridgehead atoms. The van der Waals surface area contributed by atoms with Crippen molar-refractivity contribution in [1.29, 1.82) is 0 Å². The van der Waals surface area contributed by atoms with Crippen molar-refractivity contribution in [2.75, 3.05) is 37.7 Å². The van der Waals surface area contributed by atoms with E-state index in [1.807, 2.05) is 45.0 Å². The number of fused-ring (bicyclic) bond motifs is 1. The third kappa shape index (κ3) is 5.62.